The summed E-state index contributed by atoms with van der Waals surface area (Å²) in [5, 5.41) is 0. The maximum atomic E-state index is 5.84. The maximum absolute atomic E-state index is 5.84. The predicted octanol–water partition coefficient (Wildman–Crippen LogP) is 1.39. The fraction of sp³-hybridized carbons (Fsp3) is 0.857. The number of hydrogen-bond acceptors (Lipinski definition) is 7. The minimum Gasteiger partial charge on any atom is -0.502 e. The highest BCUT2D eigenvalue weighted by atomic mass is 28.4. The molecule has 0 aromatic heterocycles. The van der Waals surface area contributed by atoms with Gasteiger partial charge in [-0.15, -0.1) is 0 Å². The fourth-order valence-corrected chi connectivity index (χ4v) is 3.29. The molecule has 0 aliphatic rings. The summed E-state index contributed by atoms with van der Waals surface area (Å²) in [6.07, 6.45) is 2.51. The summed E-state index contributed by atoms with van der Waals surface area (Å²) in [7, 11) is 1.84. The predicted molar refractivity (Wildman–Crippen MR) is 84.6 cm³/mol. The van der Waals surface area contributed by atoms with Gasteiger partial charge in [0.15, 0.2) is 0 Å². The van der Waals surface area contributed by atoms with E-state index in [9.17, 15) is 0 Å². The van der Waals surface area contributed by atoms with Gasteiger partial charge in [-0.25, -0.2) is 0 Å². The number of rotatable bonds is 16. The first-order valence-corrected chi connectivity index (χ1v) is 9.22. The molecule has 0 saturated carbocycles. The van der Waals surface area contributed by atoms with Gasteiger partial charge < -0.3 is 32.2 Å². The first-order chi connectivity index (χ1) is 10.7. The molecule has 0 amide bonds. The summed E-state index contributed by atoms with van der Waals surface area (Å²) in [5.74, 6) is 0. The van der Waals surface area contributed by atoms with Crippen LogP contribution in [0.4, 0.5) is 0 Å². The highest BCUT2D eigenvalue weighted by Gasteiger charge is 2.39. The minimum atomic E-state index is -3.00. The second-order valence-corrected chi connectivity index (χ2v) is 6.71. The van der Waals surface area contributed by atoms with Crippen LogP contribution < -0.4 is 0 Å². The van der Waals surface area contributed by atoms with Crippen LogP contribution >= 0.6 is 0 Å². The monoisotopic (exact) mass is 338 g/mol. The van der Waals surface area contributed by atoms with Gasteiger partial charge in [-0.3, -0.25) is 0 Å². The number of methoxy groups -OCH3 is 3. The van der Waals surface area contributed by atoms with E-state index < -0.39 is 8.80 Å². The van der Waals surface area contributed by atoms with Gasteiger partial charge in [-0.05, 0) is 6.42 Å². The lowest BCUT2D eigenvalue weighted by molar-refractivity contribution is 0.0226. The van der Waals surface area contributed by atoms with Crippen LogP contribution in [-0.4, -0.2) is 76.4 Å². The van der Waals surface area contributed by atoms with Crippen LogP contribution in [0.2, 0.25) is 0 Å². The van der Waals surface area contributed by atoms with Gasteiger partial charge in [0.05, 0.1) is 52.5 Å². The van der Waals surface area contributed by atoms with Crippen molar-refractivity contribution in [2.24, 2.45) is 0 Å². The molecule has 0 aromatic rings. The molecule has 0 spiro atoms. The Hall–Kier alpha value is -0.483. The molecule has 0 saturated heterocycles. The molecule has 0 bridgehead atoms. The molecule has 132 valence electrons. The number of ether oxygens (including phenoxy) is 4. The van der Waals surface area contributed by atoms with Crippen LogP contribution in [0.3, 0.4) is 0 Å². The van der Waals surface area contributed by atoms with E-state index in [0.717, 1.165) is 6.42 Å². The SMILES string of the molecule is CCCOC=C[Si](OCCOC)(OCCOC)OCCOC. The third-order valence-electron chi connectivity index (χ3n) is 2.46. The van der Waals surface area contributed by atoms with Gasteiger partial charge in [-0.1, -0.05) is 6.92 Å². The second-order valence-electron chi connectivity index (χ2n) is 4.30. The molecule has 0 N–H and O–H groups in total. The number of hydrogen-bond donors (Lipinski definition) is 0. The van der Waals surface area contributed by atoms with Gasteiger partial charge in [0, 0.05) is 27.0 Å². The Kier molecular flexibility index (Phi) is 15.1. The average Bonchev–Trinajstić information content (AvgIpc) is 2.52. The largest absolute Gasteiger partial charge is 0.532 e. The summed E-state index contributed by atoms with van der Waals surface area (Å²) in [6, 6.07) is 0. The van der Waals surface area contributed by atoms with E-state index in [4.69, 9.17) is 32.2 Å². The van der Waals surface area contributed by atoms with Crippen LogP contribution in [0.25, 0.3) is 0 Å². The summed E-state index contributed by atoms with van der Waals surface area (Å²) in [6.45, 7) is 5.18. The van der Waals surface area contributed by atoms with E-state index in [0.29, 0.717) is 46.2 Å². The summed E-state index contributed by atoms with van der Waals surface area (Å²) < 4.78 is 37.9. The molecule has 0 aromatic carbocycles. The lowest BCUT2D eigenvalue weighted by Gasteiger charge is -2.26. The lowest BCUT2D eigenvalue weighted by Crippen LogP contribution is -2.46. The molecular weight excluding hydrogens is 308 g/mol. The van der Waals surface area contributed by atoms with E-state index in [-0.39, 0.29) is 0 Å². The van der Waals surface area contributed by atoms with Gasteiger partial charge in [0.2, 0.25) is 0 Å². The third-order valence-corrected chi connectivity index (χ3v) is 4.83. The lowest BCUT2D eigenvalue weighted by atomic mass is 10.5. The normalized spacial score (nSPS) is 12.2. The molecule has 7 nitrogen and oxygen atoms in total. The van der Waals surface area contributed by atoms with Crippen molar-refractivity contribution in [2.75, 3.05) is 67.6 Å². The standard InChI is InChI=1S/C14H30O7Si/c1-5-6-18-13-14-22(19-10-7-15-2,20-11-8-16-3)21-12-9-17-4/h13-14H,5-12H2,1-4H3. The summed E-state index contributed by atoms with van der Waals surface area (Å²) >= 11 is 0. The molecule has 0 aliphatic heterocycles. The molecule has 22 heavy (non-hydrogen) atoms. The molecule has 0 heterocycles. The molecule has 0 rings (SSSR count). The van der Waals surface area contributed by atoms with Gasteiger partial charge >= 0.3 is 8.80 Å². The first kappa shape index (κ1) is 21.5. The van der Waals surface area contributed by atoms with E-state index >= 15 is 0 Å². The quantitative estimate of drug-likeness (QED) is 0.239. The third kappa shape index (κ3) is 11.1. The van der Waals surface area contributed by atoms with Crippen molar-refractivity contribution in [1.82, 2.24) is 0 Å². The van der Waals surface area contributed by atoms with E-state index in [2.05, 4.69) is 0 Å². The Balaban J connectivity index is 4.71. The van der Waals surface area contributed by atoms with Crippen molar-refractivity contribution in [3.63, 3.8) is 0 Å². The van der Waals surface area contributed by atoms with Gasteiger partial charge in [-0.2, -0.15) is 0 Å². The van der Waals surface area contributed by atoms with E-state index in [1.54, 1.807) is 33.3 Å². The van der Waals surface area contributed by atoms with Crippen molar-refractivity contribution in [3.8, 4) is 0 Å². The fourth-order valence-electron chi connectivity index (χ4n) is 1.39. The highest BCUT2D eigenvalue weighted by Crippen LogP contribution is 2.12. The van der Waals surface area contributed by atoms with Crippen molar-refractivity contribution in [1.29, 1.82) is 0 Å². The van der Waals surface area contributed by atoms with Crippen molar-refractivity contribution < 1.29 is 32.2 Å². The zero-order chi connectivity index (χ0) is 16.5. The average molecular weight is 338 g/mol. The molecule has 8 heteroatoms. The van der Waals surface area contributed by atoms with Crippen LogP contribution in [-0.2, 0) is 32.2 Å². The van der Waals surface area contributed by atoms with E-state index in [1.807, 2.05) is 6.92 Å². The van der Waals surface area contributed by atoms with Crippen molar-refractivity contribution in [3.05, 3.63) is 12.0 Å². The minimum absolute atomic E-state index is 0.376. The zero-order valence-corrected chi connectivity index (χ0v) is 15.2. The van der Waals surface area contributed by atoms with Gasteiger partial charge in [0.25, 0.3) is 0 Å². The second kappa shape index (κ2) is 15.4. The first-order valence-electron chi connectivity index (χ1n) is 7.42. The van der Waals surface area contributed by atoms with Crippen LogP contribution in [0.15, 0.2) is 12.0 Å². The van der Waals surface area contributed by atoms with Gasteiger partial charge in [0.1, 0.15) is 0 Å². The molecular formula is C14H30O7Si. The Morgan fingerprint density at radius 3 is 1.50 bits per heavy atom. The molecule has 0 fully saturated rings. The smallest absolute Gasteiger partial charge is 0.502 e. The Bertz CT molecular complexity index is 237. The summed E-state index contributed by atoms with van der Waals surface area (Å²) in [4.78, 5) is 0. The zero-order valence-electron chi connectivity index (χ0n) is 14.2. The Labute approximate surface area is 134 Å². The highest BCUT2D eigenvalue weighted by molar-refractivity contribution is 6.66. The molecule has 0 unspecified atom stereocenters. The molecule has 0 aliphatic carbocycles. The molecule has 0 radical (unpaired) electrons. The topological polar surface area (TPSA) is 64.6 Å². The van der Waals surface area contributed by atoms with Crippen LogP contribution in [0, 0.1) is 0 Å². The summed E-state index contributed by atoms with van der Waals surface area (Å²) in [5.41, 5.74) is 1.74. The molecule has 0 atom stereocenters. The van der Waals surface area contributed by atoms with Crippen LogP contribution in [0.1, 0.15) is 13.3 Å². The van der Waals surface area contributed by atoms with Crippen molar-refractivity contribution in [2.45, 2.75) is 13.3 Å². The maximum Gasteiger partial charge on any atom is 0.532 e. The van der Waals surface area contributed by atoms with E-state index in [1.165, 1.54) is 0 Å². The Morgan fingerprint density at radius 1 is 0.682 bits per heavy atom. The van der Waals surface area contributed by atoms with Crippen molar-refractivity contribution >= 4 is 8.80 Å². The van der Waals surface area contributed by atoms with Crippen LogP contribution in [0.5, 0.6) is 0 Å². The Morgan fingerprint density at radius 2 is 1.14 bits per heavy atom.